The van der Waals surface area contributed by atoms with Crippen LogP contribution in [0.1, 0.15) is 0 Å². The van der Waals surface area contributed by atoms with Crippen molar-refractivity contribution in [2.75, 3.05) is 36.0 Å². The van der Waals surface area contributed by atoms with Crippen molar-refractivity contribution in [1.29, 1.82) is 0 Å². The minimum absolute atomic E-state index is 0.147. The van der Waals surface area contributed by atoms with Gasteiger partial charge in [-0.2, -0.15) is 0 Å². The van der Waals surface area contributed by atoms with Crippen LogP contribution in [-0.2, 0) is 10.0 Å². The molecule has 2 heterocycles. The topological polar surface area (TPSA) is 79.5 Å². The Bertz CT molecular complexity index is 1150. The van der Waals surface area contributed by atoms with E-state index >= 15 is 0 Å². The van der Waals surface area contributed by atoms with Crippen molar-refractivity contribution >= 4 is 55.6 Å². The largest absolute Gasteiger partial charge is 0.367 e. The Balaban J connectivity index is 1.57. The third-order valence-corrected chi connectivity index (χ3v) is 6.45. The number of hydrogen-bond donors (Lipinski definition) is 1. The molecule has 0 atom stereocenters. The van der Waals surface area contributed by atoms with Gasteiger partial charge in [-0.3, -0.25) is 0 Å². The van der Waals surface area contributed by atoms with E-state index in [9.17, 15) is 8.42 Å². The number of nitrogens with two attached hydrogens (primary N) is 1. The van der Waals surface area contributed by atoms with Gasteiger partial charge in [0.25, 0.3) is 0 Å². The number of aromatic nitrogens is 1. The molecule has 0 unspecified atom stereocenters. The summed E-state index contributed by atoms with van der Waals surface area (Å²) in [4.78, 5) is 9.01. The quantitative estimate of drug-likeness (QED) is 0.679. The highest BCUT2D eigenvalue weighted by molar-refractivity contribution is 7.89. The zero-order chi connectivity index (χ0) is 19.9. The van der Waals surface area contributed by atoms with Gasteiger partial charge >= 0.3 is 0 Å². The molecular formula is C19H18Cl2N4O2S. The number of benzene rings is 2. The first kappa shape index (κ1) is 19.3. The van der Waals surface area contributed by atoms with Gasteiger partial charge in [0.2, 0.25) is 10.0 Å². The van der Waals surface area contributed by atoms with E-state index in [1.54, 1.807) is 24.3 Å². The van der Waals surface area contributed by atoms with E-state index in [1.807, 2.05) is 23.1 Å². The minimum atomic E-state index is -3.78. The van der Waals surface area contributed by atoms with Crippen LogP contribution in [0.15, 0.2) is 53.4 Å². The Morgan fingerprint density at radius 1 is 0.857 bits per heavy atom. The maximum Gasteiger partial charge on any atom is 0.240 e. The molecule has 1 saturated heterocycles. The van der Waals surface area contributed by atoms with Crippen molar-refractivity contribution in [3.63, 3.8) is 0 Å². The Morgan fingerprint density at radius 2 is 1.50 bits per heavy atom. The first-order valence-corrected chi connectivity index (χ1v) is 11.0. The average Bonchev–Trinajstić information content (AvgIpc) is 2.70. The number of primary sulfonamides is 1. The van der Waals surface area contributed by atoms with Gasteiger partial charge in [-0.1, -0.05) is 35.3 Å². The second kappa shape index (κ2) is 7.40. The predicted molar refractivity (Wildman–Crippen MR) is 114 cm³/mol. The highest BCUT2D eigenvalue weighted by Gasteiger charge is 2.23. The third kappa shape index (κ3) is 3.63. The number of pyridine rings is 1. The monoisotopic (exact) mass is 436 g/mol. The summed E-state index contributed by atoms with van der Waals surface area (Å²) in [5.41, 5.74) is 1.31. The zero-order valence-corrected chi connectivity index (χ0v) is 17.2. The maximum absolute atomic E-state index is 11.9. The van der Waals surface area contributed by atoms with Gasteiger partial charge in [-0.15, -0.1) is 0 Å². The van der Waals surface area contributed by atoms with Crippen molar-refractivity contribution in [1.82, 2.24) is 4.98 Å². The molecule has 0 bridgehead atoms. The molecule has 0 saturated carbocycles. The van der Waals surface area contributed by atoms with Gasteiger partial charge in [0.1, 0.15) is 10.7 Å². The summed E-state index contributed by atoms with van der Waals surface area (Å²) in [6.07, 6.45) is 0. The summed E-state index contributed by atoms with van der Waals surface area (Å²) in [7, 11) is -3.78. The van der Waals surface area contributed by atoms with Crippen LogP contribution in [0.4, 0.5) is 11.5 Å². The van der Waals surface area contributed by atoms with Crippen LogP contribution < -0.4 is 14.9 Å². The van der Waals surface area contributed by atoms with Gasteiger partial charge < -0.3 is 9.80 Å². The van der Waals surface area contributed by atoms with E-state index in [0.29, 0.717) is 47.4 Å². The van der Waals surface area contributed by atoms with Gasteiger partial charge in [0, 0.05) is 31.6 Å². The number of para-hydroxylation sites is 1. The smallest absolute Gasteiger partial charge is 0.240 e. The van der Waals surface area contributed by atoms with E-state index in [-0.39, 0.29) is 4.90 Å². The molecule has 146 valence electrons. The molecule has 0 aliphatic carbocycles. The molecular weight excluding hydrogens is 419 g/mol. The molecule has 0 amide bonds. The standard InChI is InChI=1S/C19H18Cl2N4O2S/c20-14-6-7-15(21)19-13(14)5-8-18(23-19)25-11-9-24(10-12-25)16-3-1-2-4-17(16)28(22,26)27/h1-8H,9-12H2,(H2,22,26,27). The zero-order valence-electron chi connectivity index (χ0n) is 14.8. The van der Waals surface area contributed by atoms with E-state index in [0.717, 1.165) is 11.2 Å². The SMILES string of the molecule is NS(=O)(=O)c1ccccc1N1CCN(c2ccc3c(Cl)ccc(Cl)c3n2)CC1. The fraction of sp³-hybridized carbons (Fsp3) is 0.211. The number of piperazine rings is 1. The van der Waals surface area contributed by atoms with Gasteiger partial charge in [-0.05, 0) is 36.4 Å². The van der Waals surface area contributed by atoms with Crippen molar-refractivity contribution in [2.45, 2.75) is 4.90 Å². The van der Waals surface area contributed by atoms with Crippen molar-refractivity contribution in [3.05, 3.63) is 58.6 Å². The molecule has 28 heavy (non-hydrogen) atoms. The number of hydrogen-bond acceptors (Lipinski definition) is 5. The molecule has 0 radical (unpaired) electrons. The predicted octanol–water partition coefficient (Wildman–Crippen LogP) is 3.52. The second-order valence-electron chi connectivity index (χ2n) is 6.58. The summed E-state index contributed by atoms with van der Waals surface area (Å²) in [5, 5.41) is 7.35. The maximum atomic E-state index is 11.9. The van der Waals surface area contributed by atoms with Crippen molar-refractivity contribution < 1.29 is 8.42 Å². The van der Waals surface area contributed by atoms with Crippen LogP contribution in [0.3, 0.4) is 0 Å². The van der Waals surface area contributed by atoms with Crippen LogP contribution in [-0.4, -0.2) is 39.6 Å². The number of sulfonamides is 1. The minimum Gasteiger partial charge on any atom is -0.367 e. The first-order valence-electron chi connectivity index (χ1n) is 8.71. The van der Waals surface area contributed by atoms with Crippen molar-refractivity contribution in [3.8, 4) is 0 Å². The molecule has 1 fully saturated rings. The van der Waals surface area contributed by atoms with Gasteiger partial charge in [0.05, 0.1) is 21.2 Å². The second-order valence-corrected chi connectivity index (χ2v) is 8.93. The van der Waals surface area contributed by atoms with E-state index < -0.39 is 10.0 Å². The molecule has 1 aromatic heterocycles. The van der Waals surface area contributed by atoms with Gasteiger partial charge in [-0.25, -0.2) is 18.5 Å². The van der Waals surface area contributed by atoms with Gasteiger partial charge in [0.15, 0.2) is 0 Å². The highest BCUT2D eigenvalue weighted by atomic mass is 35.5. The molecule has 0 spiro atoms. The molecule has 3 aromatic rings. The number of fused-ring (bicyclic) bond motifs is 1. The average molecular weight is 437 g/mol. The molecule has 1 aliphatic heterocycles. The molecule has 2 N–H and O–H groups in total. The number of nitrogens with zero attached hydrogens (tertiary/aromatic N) is 3. The van der Waals surface area contributed by atoms with Crippen LogP contribution >= 0.6 is 23.2 Å². The summed E-state index contributed by atoms with van der Waals surface area (Å²) < 4.78 is 23.7. The number of anilines is 2. The summed E-state index contributed by atoms with van der Waals surface area (Å²) in [6.45, 7) is 2.68. The number of halogens is 2. The van der Waals surface area contributed by atoms with E-state index in [4.69, 9.17) is 28.3 Å². The van der Waals surface area contributed by atoms with E-state index in [2.05, 4.69) is 9.88 Å². The first-order chi connectivity index (χ1) is 13.3. The van der Waals surface area contributed by atoms with Crippen LogP contribution in [0.25, 0.3) is 10.9 Å². The fourth-order valence-electron chi connectivity index (χ4n) is 3.45. The summed E-state index contributed by atoms with van der Waals surface area (Å²) >= 11 is 12.5. The Kier molecular flexibility index (Phi) is 5.09. The Morgan fingerprint density at radius 3 is 2.21 bits per heavy atom. The van der Waals surface area contributed by atoms with Crippen molar-refractivity contribution in [2.24, 2.45) is 5.14 Å². The Labute approximate surface area is 173 Å². The van der Waals surface area contributed by atoms with E-state index in [1.165, 1.54) is 6.07 Å². The van der Waals surface area contributed by atoms with Crippen LogP contribution in [0, 0.1) is 0 Å². The highest BCUT2D eigenvalue weighted by Crippen LogP contribution is 2.31. The van der Waals surface area contributed by atoms with Crippen LogP contribution in [0.2, 0.25) is 10.0 Å². The summed E-state index contributed by atoms with van der Waals surface area (Å²) in [5.74, 6) is 0.816. The lowest BCUT2D eigenvalue weighted by Crippen LogP contribution is -2.47. The Hall–Kier alpha value is -2.06. The lowest BCUT2D eigenvalue weighted by Gasteiger charge is -2.37. The molecule has 4 rings (SSSR count). The molecule has 1 aliphatic rings. The lowest BCUT2D eigenvalue weighted by molar-refractivity contribution is 0.595. The van der Waals surface area contributed by atoms with Crippen LogP contribution in [0.5, 0.6) is 0 Å². The third-order valence-electron chi connectivity index (χ3n) is 4.86. The molecule has 6 nitrogen and oxygen atoms in total. The molecule has 9 heteroatoms. The lowest BCUT2D eigenvalue weighted by atomic mass is 10.2. The molecule has 2 aromatic carbocycles. The summed E-state index contributed by atoms with van der Waals surface area (Å²) in [6, 6.07) is 14.2. The normalized spacial score (nSPS) is 15.2. The fourth-order valence-corrected chi connectivity index (χ4v) is 4.63. The number of rotatable bonds is 3.